The lowest BCUT2D eigenvalue weighted by atomic mass is 9.83. The molecule has 3 atom stereocenters. The summed E-state index contributed by atoms with van der Waals surface area (Å²) in [7, 11) is 1.66. The van der Waals surface area contributed by atoms with Crippen molar-refractivity contribution < 1.29 is 14.1 Å². The third-order valence-corrected chi connectivity index (χ3v) is 4.64. The van der Waals surface area contributed by atoms with Gasteiger partial charge in [-0.25, -0.2) is 0 Å². The molecule has 1 aliphatic rings. The van der Waals surface area contributed by atoms with E-state index in [2.05, 4.69) is 15.5 Å². The van der Waals surface area contributed by atoms with Gasteiger partial charge in [0.1, 0.15) is 0 Å². The van der Waals surface area contributed by atoms with Crippen molar-refractivity contribution in [2.45, 2.75) is 44.4 Å². The molecule has 25 heavy (non-hydrogen) atoms. The number of hydrogen-bond donors (Lipinski definition) is 2. The maximum Gasteiger partial charge on any atom is 0.246 e. The van der Waals surface area contributed by atoms with Gasteiger partial charge in [0.25, 0.3) is 0 Å². The zero-order chi connectivity index (χ0) is 17.6. The Bertz CT molecular complexity index is 689. The first-order valence-corrected chi connectivity index (χ1v) is 8.57. The van der Waals surface area contributed by atoms with Crippen LogP contribution in [0.1, 0.15) is 36.5 Å². The number of rotatable bonds is 6. The summed E-state index contributed by atoms with van der Waals surface area (Å²) in [5.41, 5.74) is 7.17. The molecule has 3 N–H and O–H groups in total. The third-order valence-electron chi connectivity index (χ3n) is 4.64. The van der Waals surface area contributed by atoms with Crippen molar-refractivity contribution in [1.82, 2.24) is 15.5 Å². The Morgan fingerprint density at radius 1 is 1.36 bits per heavy atom. The van der Waals surface area contributed by atoms with E-state index in [0.29, 0.717) is 24.6 Å². The Hall–Kier alpha value is -2.25. The Labute approximate surface area is 146 Å². The summed E-state index contributed by atoms with van der Waals surface area (Å²) in [6, 6.07) is 9.83. The fourth-order valence-electron chi connectivity index (χ4n) is 3.23. The molecule has 1 heterocycles. The summed E-state index contributed by atoms with van der Waals surface area (Å²) < 4.78 is 10.5. The van der Waals surface area contributed by atoms with Crippen LogP contribution >= 0.6 is 0 Å². The molecule has 1 fully saturated rings. The highest BCUT2D eigenvalue weighted by atomic mass is 16.5. The van der Waals surface area contributed by atoms with Gasteiger partial charge < -0.3 is 20.3 Å². The van der Waals surface area contributed by atoms with Gasteiger partial charge in [-0.1, -0.05) is 35.5 Å². The summed E-state index contributed by atoms with van der Waals surface area (Å²) in [6.45, 7) is 0.236. The molecule has 0 saturated heterocycles. The van der Waals surface area contributed by atoms with Crippen LogP contribution in [0.5, 0.6) is 0 Å². The van der Waals surface area contributed by atoms with Crippen molar-refractivity contribution in [3.63, 3.8) is 0 Å². The van der Waals surface area contributed by atoms with Gasteiger partial charge >= 0.3 is 0 Å². The van der Waals surface area contributed by atoms with Gasteiger partial charge in [0, 0.05) is 25.5 Å². The fraction of sp³-hybridized carbons (Fsp3) is 0.500. The Kier molecular flexibility index (Phi) is 5.78. The number of carbonyl (C=O) groups excluding carboxylic acids is 1. The van der Waals surface area contributed by atoms with E-state index in [4.69, 9.17) is 15.0 Å². The van der Waals surface area contributed by atoms with Crippen molar-refractivity contribution in [3.8, 4) is 0 Å². The van der Waals surface area contributed by atoms with Crippen molar-refractivity contribution in [2.75, 3.05) is 7.11 Å². The third kappa shape index (κ3) is 4.64. The lowest BCUT2D eigenvalue weighted by molar-refractivity contribution is -0.127. The van der Waals surface area contributed by atoms with Crippen molar-refractivity contribution in [1.29, 1.82) is 0 Å². The van der Waals surface area contributed by atoms with Crippen molar-refractivity contribution in [2.24, 2.45) is 11.7 Å². The predicted octanol–water partition coefficient (Wildman–Crippen LogP) is 1.42. The van der Waals surface area contributed by atoms with Gasteiger partial charge in [-0.05, 0) is 24.8 Å². The van der Waals surface area contributed by atoms with Gasteiger partial charge in [0.2, 0.25) is 11.8 Å². The minimum Gasteiger partial charge on any atom is -0.380 e. The first-order valence-electron chi connectivity index (χ1n) is 8.57. The van der Waals surface area contributed by atoms with Crippen LogP contribution in [-0.2, 0) is 22.5 Å². The molecule has 0 unspecified atom stereocenters. The molecule has 3 rings (SSSR count). The maximum atomic E-state index is 12.3. The lowest BCUT2D eigenvalue weighted by Crippen LogP contribution is -2.45. The van der Waals surface area contributed by atoms with E-state index in [-0.39, 0.29) is 30.5 Å². The standard InChI is InChI=1S/C18H24N4O3/c1-24-15-8-7-13(10-14(15)19)18(23)20-11-17-21-16(22-25-17)9-12-5-3-2-4-6-12/h2-6,13-15H,7-11,19H2,1H3,(H,20,23)/t13-,14+,15+/m0/s1. The van der Waals surface area contributed by atoms with E-state index in [1.807, 2.05) is 30.3 Å². The van der Waals surface area contributed by atoms with Crippen LogP contribution in [0.4, 0.5) is 0 Å². The average molecular weight is 344 g/mol. The van der Waals surface area contributed by atoms with Gasteiger partial charge in [-0.15, -0.1) is 0 Å². The topological polar surface area (TPSA) is 103 Å². The predicted molar refractivity (Wildman–Crippen MR) is 91.5 cm³/mol. The van der Waals surface area contributed by atoms with E-state index in [9.17, 15) is 4.79 Å². The molecular weight excluding hydrogens is 320 g/mol. The number of methoxy groups -OCH3 is 1. The van der Waals surface area contributed by atoms with Crippen LogP contribution in [0.25, 0.3) is 0 Å². The fourth-order valence-corrected chi connectivity index (χ4v) is 3.23. The molecule has 0 radical (unpaired) electrons. The van der Waals surface area contributed by atoms with Gasteiger partial charge in [-0.2, -0.15) is 4.98 Å². The molecule has 1 aromatic heterocycles. The van der Waals surface area contributed by atoms with Gasteiger partial charge in [0.15, 0.2) is 5.82 Å². The quantitative estimate of drug-likeness (QED) is 0.821. The van der Waals surface area contributed by atoms with Crippen LogP contribution in [0.3, 0.4) is 0 Å². The minimum atomic E-state index is -0.102. The molecular formula is C18H24N4O3. The van der Waals surface area contributed by atoms with Crippen LogP contribution < -0.4 is 11.1 Å². The lowest BCUT2D eigenvalue weighted by Gasteiger charge is -2.32. The van der Waals surface area contributed by atoms with Gasteiger partial charge in [0.05, 0.1) is 12.6 Å². The zero-order valence-electron chi connectivity index (χ0n) is 14.4. The molecule has 1 amide bonds. The van der Waals surface area contributed by atoms with E-state index in [1.54, 1.807) is 7.11 Å². The van der Waals surface area contributed by atoms with Crippen molar-refractivity contribution in [3.05, 3.63) is 47.6 Å². The summed E-state index contributed by atoms with van der Waals surface area (Å²) in [5.74, 6) is 0.910. The summed E-state index contributed by atoms with van der Waals surface area (Å²) in [5, 5.41) is 6.83. The smallest absolute Gasteiger partial charge is 0.246 e. The average Bonchev–Trinajstić information content (AvgIpc) is 3.08. The first-order chi connectivity index (χ1) is 12.2. The molecule has 7 nitrogen and oxygen atoms in total. The molecule has 1 aliphatic carbocycles. The first kappa shape index (κ1) is 17.6. The number of hydrogen-bond acceptors (Lipinski definition) is 6. The number of aromatic nitrogens is 2. The number of carbonyl (C=O) groups is 1. The second-order valence-corrected chi connectivity index (χ2v) is 6.43. The minimum absolute atomic E-state index is 0.0205. The number of nitrogens with zero attached hydrogens (tertiary/aromatic N) is 2. The van der Waals surface area contributed by atoms with E-state index < -0.39 is 0 Å². The number of benzene rings is 1. The van der Waals surface area contributed by atoms with Gasteiger partial charge in [-0.3, -0.25) is 4.79 Å². The normalized spacial score (nSPS) is 23.4. The highest BCUT2D eigenvalue weighted by Crippen LogP contribution is 2.25. The monoisotopic (exact) mass is 344 g/mol. The van der Waals surface area contributed by atoms with E-state index in [0.717, 1.165) is 18.4 Å². The number of nitrogens with one attached hydrogen (secondary N) is 1. The van der Waals surface area contributed by atoms with Crippen molar-refractivity contribution >= 4 is 5.91 Å². The molecule has 134 valence electrons. The largest absolute Gasteiger partial charge is 0.380 e. The maximum absolute atomic E-state index is 12.3. The summed E-state index contributed by atoms with van der Waals surface area (Å²) >= 11 is 0. The number of nitrogens with two attached hydrogens (primary N) is 1. The van der Waals surface area contributed by atoms with Crippen LogP contribution in [0, 0.1) is 5.92 Å². The van der Waals surface area contributed by atoms with Crippen LogP contribution in [-0.4, -0.2) is 35.3 Å². The van der Waals surface area contributed by atoms with Crippen LogP contribution in [0.15, 0.2) is 34.9 Å². The van der Waals surface area contributed by atoms with E-state index >= 15 is 0 Å². The number of amides is 1. The van der Waals surface area contributed by atoms with E-state index in [1.165, 1.54) is 0 Å². The van der Waals surface area contributed by atoms with Crippen LogP contribution in [0.2, 0.25) is 0 Å². The molecule has 2 aromatic rings. The highest BCUT2D eigenvalue weighted by Gasteiger charge is 2.31. The Morgan fingerprint density at radius 3 is 2.88 bits per heavy atom. The Balaban J connectivity index is 1.48. The molecule has 0 bridgehead atoms. The second kappa shape index (κ2) is 8.22. The molecule has 1 saturated carbocycles. The molecule has 7 heteroatoms. The molecule has 0 spiro atoms. The SMILES string of the molecule is CO[C@@H]1CC[C@H](C(=O)NCc2nc(Cc3ccccc3)no2)C[C@H]1N. The second-order valence-electron chi connectivity index (χ2n) is 6.43. The summed E-state index contributed by atoms with van der Waals surface area (Å²) in [4.78, 5) is 16.6. The molecule has 0 aliphatic heterocycles. The number of ether oxygens (including phenoxy) is 1. The Morgan fingerprint density at radius 2 is 2.16 bits per heavy atom. The summed E-state index contributed by atoms with van der Waals surface area (Å²) in [6.07, 6.45) is 2.86. The molecule has 1 aromatic carbocycles. The zero-order valence-corrected chi connectivity index (χ0v) is 14.4. The highest BCUT2D eigenvalue weighted by molar-refractivity contribution is 5.78.